The number of hydrogen-bond acceptors (Lipinski definition) is 5. The molecule has 1 heterocycles. The van der Waals surface area contributed by atoms with Gasteiger partial charge in [0.1, 0.15) is 18.0 Å². The number of benzene rings is 2. The number of hydrogen-bond donors (Lipinski definition) is 1. The van der Waals surface area contributed by atoms with Crippen LogP contribution in [0.3, 0.4) is 0 Å². The fourth-order valence-corrected chi connectivity index (χ4v) is 2.58. The van der Waals surface area contributed by atoms with Gasteiger partial charge in [-0.25, -0.2) is 14.4 Å². The van der Waals surface area contributed by atoms with Crippen LogP contribution in [-0.2, 0) is 0 Å². The smallest absolute Gasteiger partial charge is 0.162 e. The Balaban J connectivity index is 2.01. The lowest BCUT2D eigenvalue weighted by Gasteiger charge is -2.15. The molecule has 0 aliphatic rings. The van der Waals surface area contributed by atoms with E-state index >= 15 is 0 Å². The van der Waals surface area contributed by atoms with Crippen LogP contribution >= 0.6 is 11.6 Å². The van der Waals surface area contributed by atoms with Crippen LogP contribution in [0, 0.1) is 11.7 Å². The zero-order chi connectivity index (χ0) is 18.7. The Morgan fingerprint density at radius 2 is 1.96 bits per heavy atom. The second-order valence-corrected chi connectivity index (χ2v) is 6.61. The van der Waals surface area contributed by atoms with Crippen molar-refractivity contribution in [3.8, 4) is 11.5 Å². The van der Waals surface area contributed by atoms with Crippen molar-refractivity contribution in [3.63, 3.8) is 0 Å². The molecular weight excluding hydrogens is 357 g/mol. The molecule has 0 unspecified atom stereocenters. The van der Waals surface area contributed by atoms with Crippen LogP contribution in [-0.4, -0.2) is 23.7 Å². The summed E-state index contributed by atoms with van der Waals surface area (Å²) < 4.78 is 24.6. The minimum Gasteiger partial charge on any atom is -0.493 e. The molecule has 0 aliphatic heterocycles. The summed E-state index contributed by atoms with van der Waals surface area (Å²) in [7, 11) is 1.59. The summed E-state index contributed by atoms with van der Waals surface area (Å²) in [5.41, 5.74) is 1.32. The Kier molecular flexibility index (Phi) is 5.42. The Hall–Kier alpha value is -2.60. The molecule has 3 aromatic rings. The molecule has 0 radical (unpaired) electrons. The third kappa shape index (κ3) is 3.96. The zero-order valence-corrected chi connectivity index (χ0v) is 15.5. The fourth-order valence-electron chi connectivity index (χ4n) is 2.40. The standard InChI is InChI=1S/C19H19ClFN3O2/c1-11(2)9-26-18-7-13-16(8-17(18)25-3)22-10-23-19(13)24-12-4-5-15(21)14(20)6-12/h4-8,10-11H,9H2,1-3H3,(H,22,23,24). The fraction of sp³-hybridized carbons (Fsp3) is 0.263. The van der Waals surface area contributed by atoms with Crippen molar-refractivity contribution in [2.45, 2.75) is 13.8 Å². The van der Waals surface area contributed by atoms with E-state index in [0.29, 0.717) is 41.0 Å². The van der Waals surface area contributed by atoms with Gasteiger partial charge in [-0.3, -0.25) is 0 Å². The maximum atomic E-state index is 13.4. The minimum atomic E-state index is -0.473. The van der Waals surface area contributed by atoms with Gasteiger partial charge in [-0.1, -0.05) is 25.4 Å². The molecule has 0 saturated carbocycles. The molecule has 1 aromatic heterocycles. The van der Waals surface area contributed by atoms with E-state index in [1.807, 2.05) is 6.07 Å². The van der Waals surface area contributed by atoms with Gasteiger partial charge < -0.3 is 14.8 Å². The summed E-state index contributed by atoms with van der Waals surface area (Å²) in [5, 5.41) is 3.94. The number of anilines is 2. The van der Waals surface area contributed by atoms with Gasteiger partial charge in [0.2, 0.25) is 0 Å². The monoisotopic (exact) mass is 375 g/mol. The topological polar surface area (TPSA) is 56.3 Å². The number of methoxy groups -OCH3 is 1. The van der Waals surface area contributed by atoms with Crippen LogP contribution in [0.4, 0.5) is 15.9 Å². The molecule has 3 rings (SSSR count). The number of nitrogens with one attached hydrogen (secondary N) is 1. The first-order chi connectivity index (χ1) is 12.5. The van der Waals surface area contributed by atoms with Crippen LogP contribution in [0.25, 0.3) is 10.9 Å². The Labute approximate surface area is 156 Å². The van der Waals surface area contributed by atoms with Gasteiger partial charge in [0.25, 0.3) is 0 Å². The number of ether oxygens (including phenoxy) is 2. The number of aromatic nitrogens is 2. The van der Waals surface area contributed by atoms with E-state index in [1.54, 1.807) is 19.2 Å². The average Bonchev–Trinajstić information content (AvgIpc) is 2.62. The first-order valence-corrected chi connectivity index (χ1v) is 8.53. The van der Waals surface area contributed by atoms with E-state index < -0.39 is 5.82 Å². The van der Waals surface area contributed by atoms with Crippen LogP contribution in [0.5, 0.6) is 11.5 Å². The lowest BCUT2D eigenvalue weighted by molar-refractivity contribution is 0.257. The first-order valence-electron chi connectivity index (χ1n) is 8.15. The van der Waals surface area contributed by atoms with E-state index in [9.17, 15) is 4.39 Å². The van der Waals surface area contributed by atoms with E-state index in [4.69, 9.17) is 21.1 Å². The van der Waals surface area contributed by atoms with Crippen molar-refractivity contribution in [1.82, 2.24) is 9.97 Å². The van der Waals surface area contributed by atoms with E-state index in [1.165, 1.54) is 18.5 Å². The third-order valence-electron chi connectivity index (χ3n) is 3.68. The maximum Gasteiger partial charge on any atom is 0.162 e. The number of halogens is 2. The van der Waals surface area contributed by atoms with Crippen molar-refractivity contribution in [3.05, 3.63) is 47.5 Å². The number of fused-ring (bicyclic) bond motifs is 1. The van der Waals surface area contributed by atoms with Crippen molar-refractivity contribution < 1.29 is 13.9 Å². The van der Waals surface area contributed by atoms with Crippen LogP contribution in [0.1, 0.15) is 13.8 Å². The molecule has 0 atom stereocenters. The molecule has 0 amide bonds. The van der Waals surface area contributed by atoms with E-state index in [-0.39, 0.29) is 5.02 Å². The molecule has 0 spiro atoms. The van der Waals surface area contributed by atoms with Crippen molar-refractivity contribution in [2.75, 3.05) is 19.0 Å². The maximum absolute atomic E-state index is 13.4. The van der Waals surface area contributed by atoms with Gasteiger partial charge in [-0.2, -0.15) is 0 Å². The SMILES string of the molecule is COc1cc2ncnc(Nc3ccc(F)c(Cl)c3)c2cc1OCC(C)C. The molecule has 26 heavy (non-hydrogen) atoms. The van der Waals surface area contributed by atoms with E-state index in [2.05, 4.69) is 29.1 Å². The summed E-state index contributed by atoms with van der Waals surface area (Å²) in [5.74, 6) is 1.69. The van der Waals surface area contributed by atoms with Gasteiger partial charge in [0, 0.05) is 17.1 Å². The Morgan fingerprint density at radius 3 is 2.65 bits per heavy atom. The largest absolute Gasteiger partial charge is 0.493 e. The quantitative estimate of drug-likeness (QED) is 0.641. The summed E-state index contributed by atoms with van der Waals surface area (Å²) in [6.45, 7) is 4.70. The molecule has 5 nitrogen and oxygen atoms in total. The van der Waals surface area contributed by atoms with Crippen LogP contribution in [0.2, 0.25) is 5.02 Å². The lowest BCUT2D eigenvalue weighted by atomic mass is 10.2. The summed E-state index contributed by atoms with van der Waals surface area (Å²) >= 11 is 5.85. The molecule has 0 fully saturated rings. The molecule has 0 bridgehead atoms. The predicted molar refractivity (Wildman–Crippen MR) is 101 cm³/mol. The molecule has 0 saturated heterocycles. The highest BCUT2D eigenvalue weighted by Gasteiger charge is 2.13. The second-order valence-electron chi connectivity index (χ2n) is 6.20. The lowest BCUT2D eigenvalue weighted by Crippen LogP contribution is -2.06. The van der Waals surface area contributed by atoms with E-state index in [0.717, 1.165) is 5.39 Å². The van der Waals surface area contributed by atoms with Crippen molar-refractivity contribution >= 4 is 34.0 Å². The summed E-state index contributed by atoms with van der Waals surface area (Å²) in [4.78, 5) is 8.58. The number of rotatable bonds is 6. The van der Waals surface area contributed by atoms with Gasteiger partial charge in [-0.05, 0) is 30.2 Å². The average molecular weight is 376 g/mol. The van der Waals surface area contributed by atoms with Gasteiger partial charge in [-0.15, -0.1) is 0 Å². The zero-order valence-electron chi connectivity index (χ0n) is 14.7. The Bertz CT molecular complexity index is 934. The van der Waals surface area contributed by atoms with Gasteiger partial charge >= 0.3 is 0 Å². The second kappa shape index (κ2) is 7.74. The summed E-state index contributed by atoms with van der Waals surface area (Å²) in [6.07, 6.45) is 1.45. The molecular formula is C19H19ClFN3O2. The highest BCUT2D eigenvalue weighted by atomic mass is 35.5. The molecule has 7 heteroatoms. The first kappa shape index (κ1) is 18.2. The molecule has 0 aliphatic carbocycles. The van der Waals surface area contributed by atoms with Crippen LogP contribution in [0.15, 0.2) is 36.7 Å². The molecule has 1 N–H and O–H groups in total. The minimum absolute atomic E-state index is 0.0380. The molecule has 2 aromatic carbocycles. The van der Waals surface area contributed by atoms with Crippen LogP contribution < -0.4 is 14.8 Å². The number of nitrogens with zero attached hydrogens (tertiary/aromatic N) is 2. The third-order valence-corrected chi connectivity index (χ3v) is 3.96. The Morgan fingerprint density at radius 1 is 1.15 bits per heavy atom. The van der Waals surface area contributed by atoms with Gasteiger partial charge in [0.15, 0.2) is 11.5 Å². The van der Waals surface area contributed by atoms with Gasteiger partial charge in [0.05, 0.1) is 24.3 Å². The summed E-state index contributed by atoms with van der Waals surface area (Å²) in [6, 6.07) is 8.03. The van der Waals surface area contributed by atoms with Crippen molar-refractivity contribution in [2.24, 2.45) is 5.92 Å². The highest BCUT2D eigenvalue weighted by molar-refractivity contribution is 6.31. The van der Waals surface area contributed by atoms with Crippen molar-refractivity contribution in [1.29, 1.82) is 0 Å². The predicted octanol–water partition coefficient (Wildman–Crippen LogP) is 5.21. The normalized spacial score (nSPS) is 11.0. The highest BCUT2D eigenvalue weighted by Crippen LogP contribution is 2.35. The molecule has 136 valence electrons.